The van der Waals surface area contributed by atoms with E-state index in [0.717, 1.165) is 21.3 Å². The third-order valence-electron chi connectivity index (χ3n) is 3.04. The lowest BCUT2D eigenvalue weighted by atomic mass is 10.1. The summed E-state index contributed by atoms with van der Waals surface area (Å²) in [6, 6.07) is 13.4. The molecule has 2 nitrogen and oxygen atoms in total. The van der Waals surface area contributed by atoms with E-state index in [2.05, 4.69) is 21.2 Å². The topological polar surface area (TPSA) is 29.1 Å². The van der Waals surface area contributed by atoms with Crippen molar-refractivity contribution in [1.82, 2.24) is 0 Å². The molecule has 0 saturated carbocycles. The minimum atomic E-state index is -0.00431. The first kappa shape index (κ1) is 15.1. The summed E-state index contributed by atoms with van der Waals surface area (Å²) in [7, 11) is 0. The molecule has 0 heterocycles. The maximum absolute atomic E-state index is 12.0. The number of halogens is 2. The minimum Gasteiger partial charge on any atom is -0.326 e. The maximum Gasteiger partial charge on any atom is 0.224 e. The van der Waals surface area contributed by atoms with Crippen LogP contribution in [0.3, 0.4) is 0 Å². The molecule has 0 aliphatic rings. The molecule has 0 saturated heterocycles. The highest BCUT2D eigenvalue weighted by molar-refractivity contribution is 9.10. The molecule has 2 aromatic carbocycles. The van der Waals surface area contributed by atoms with Crippen molar-refractivity contribution in [1.29, 1.82) is 0 Å². The van der Waals surface area contributed by atoms with Crippen LogP contribution >= 0.6 is 27.5 Å². The van der Waals surface area contributed by atoms with Gasteiger partial charge in [-0.3, -0.25) is 4.79 Å². The van der Waals surface area contributed by atoms with E-state index in [4.69, 9.17) is 11.6 Å². The first-order valence-electron chi connectivity index (χ1n) is 6.35. The first-order valence-corrected chi connectivity index (χ1v) is 7.53. The number of anilines is 1. The van der Waals surface area contributed by atoms with E-state index in [-0.39, 0.29) is 5.91 Å². The van der Waals surface area contributed by atoms with Crippen LogP contribution in [0.1, 0.15) is 17.5 Å². The Hall–Kier alpha value is -1.32. The second kappa shape index (κ2) is 6.91. The number of rotatable bonds is 4. The summed E-state index contributed by atoms with van der Waals surface area (Å²) in [6.07, 6.45) is 1.06. The zero-order valence-electron chi connectivity index (χ0n) is 11.1. The van der Waals surface area contributed by atoms with E-state index in [1.165, 1.54) is 0 Å². The van der Waals surface area contributed by atoms with Crippen molar-refractivity contribution in [3.63, 3.8) is 0 Å². The highest BCUT2D eigenvalue weighted by atomic mass is 79.9. The molecule has 0 spiro atoms. The molecule has 0 radical (unpaired) electrons. The molecule has 0 aromatic heterocycles. The normalized spacial score (nSPS) is 10.3. The van der Waals surface area contributed by atoms with Gasteiger partial charge in [0.1, 0.15) is 0 Å². The lowest BCUT2D eigenvalue weighted by molar-refractivity contribution is -0.116. The number of carbonyl (C=O) groups excluding carboxylic acids is 1. The van der Waals surface area contributed by atoms with Crippen LogP contribution < -0.4 is 5.32 Å². The molecule has 0 bridgehead atoms. The van der Waals surface area contributed by atoms with Crippen molar-refractivity contribution in [2.45, 2.75) is 19.8 Å². The summed E-state index contributed by atoms with van der Waals surface area (Å²) in [6.45, 7) is 1.97. The van der Waals surface area contributed by atoms with Gasteiger partial charge in [0.05, 0.1) is 0 Å². The predicted molar refractivity (Wildman–Crippen MR) is 87.3 cm³/mol. The molecule has 0 unspecified atom stereocenters. The van der Waals surface area contributed by atoms with Crippen LogP contribution in [0.2, 0.25) is 5.02 Å². The van der Waals surface area contributed by atoms with Crippen molar-refractivity contribution in [2.75, 3.05) is 5.32 Å². The van der Waals surface area contributed by atoms with Crippen LogP contribution in [0, 0.1) is 6.92 Å². The Labute approximate surface area is 132 Å². The van der Waals surface area contributed by atoms with Gasteiger partial charge in [0.25, 0.3) is 0 Å². The summed E-state index contributed by atoms with van der Waals surface area (Å²) >= 11 is 9.48. The maximum atomic E-state index is 12.0. The van der Waals surface area contributed by atoms with E-state index in [1.54, 1.807) is 0 Å². The molecular formula is C16H15BrClNO. The lowest BCUT2D eigenvalue weighted by Crippen LogP contribution is -2.13. The van der Waals surface area contributed by atoms with Crippen LogP contribution in [-0.2, 0) is 11.2 Å². The molecule has 0 aliphatic heterocycles. The Bertz CT molecular complexity index is 628. The summed E-state index contributed by atoms with van der Waals surface area (Å²) in [4.78, 5) is 12.0. The van der Waals surface area contributed by atoms with E-state index in [9.17, 15) is 4.79 Å². The fourth-order valence-corrected chi connectivity index (χ4v) is 2.64. The number of hydrogen-bond donors (Lipinski definition) is 1. The predicted octanol–water partition coefficient (Wildman–Crippen LogP) is 4.98. The molecule has 104 valence electrons. The van der Waals surface area contributed by atoms with E-state index in [0.29, 0.717) is 17.9 Å². The highest BCUT2D eigenvalue weighted by Gasteiger charge is 2.07. The van der Waals surface area contributed by atoms with Crippen LogP contribution in [0.15, 0.2) is 46.9 Å². The second-order valence-electron chi connectivity index (χ2n) is 4.60. The van der Waals surface area contributed by atoms with Gasteiger partial charge in [-0.15, -0.1) is 0 Å². The fourth-order valence-electron chi connectivity index (χ4n) is 1.93. The number of benzene rings is 2. The summed E-state index contributed by atoms with van der Waals surface area (Å²) in [5.41, 5.74) is 2.87. The lowest BCUT2D eigenvalue weighted by Gasteiger charge is -2.09. The second-order valence-corrected chi connectivity index (χ2v) is 5.92. The number of carbonyl (C=O) groups is 1. The van der Waals surface area contributed by atoms with Crippen molar-refractivity contribution >= 4 is 39.1 Å². The smallest absolute Gasteiger partial charge is 0.224 e. The monoisotopic (exact) mass is 351 g/mol. The van der Waals surface area contributed by atoms with Crippen LogP contribution in [0.4, 0.5) is 5.69 Å². The molecule has 4 heteroatoms. The van der Waals surface area contributed by atoms with Gasteiger partial charge in [-0.1, -0.05) is 45.7 Å². The van der Waals surface area contributed by atoms with E-state index >= 15 is 0 Å². The SMILES string of the molecule is Cc1cc(Br)ccc1NC(=O)CCc1ccccc1Cl. The Morgan fingerprint density at radius 3 is 2.70 bits per heavy atom. The highest BCUT2D eigenvalue weighted by Crippen LogP contribution is 2.21. The Morgan fingerprint density at radius 1 is 1.25 bits per heavy atom. The van der Waals surface area contributed by atoms with Gasteiger partial charge in [0.2, 0.25) is 5.91 Å². The van der Waals surface area contributed by atoms with E-state index < -0.39 is 0 Å². The third-order valence-corrected chi connectivity index (χ3v) is 3.90. The standard InChI is InChI=1S/C16H15BrClNO/c1-11-10-13(17)7-8-15(11)19-16(20)9-6-12-4-2-3-5-14(12)18/h2-5,7-8,10H,6,9H2,1H3,(H,19,20). The van der Waals surface area contributed by atoms with Gasteiger partial charge >= 0.3 is 0 Å². The van der Waals surface area contributed by atoms with Gasteiger partial charge in [0, 0.05) is 21.6 Å². The van der Waals surface area contributed by atoms with Crippen molar-refractivity contribution in [3.8, 4) is 0 Å². The van der Waals surface area contributed by atoms with E-state index in [1.807, 2.05) is 49.4 Å². The number of aryl methyl sites for hydroxylation is 2. The van der Waals surface area contributed by atoms with Crippen LogP contribution in [0.5, 0.6) is 0 Å². The fraction of sp³-hybridized carbons (Fsp3) is 0.188. The molecular weight excluding hydrogens is 338 g/mol. The largest absolute Gasteiger partial charge is 0.326 e. The number of nitrogens with one attached hydrogen (secondary N) is 1. The van der Waals surface area contributed by atoms with Gasteiger partial charge in [-0.05, 0) is 48.7 Å². The molecule has 2 rings (SSSR count). The molecule has 1 N–H and O–H groups in total. The first-order chi connectivity index (χ1) is 9.56. The number of hydrogen-bond acceptors (Lipinski definition) is 1. The summed E-state index contributed by atoms with van der Waals surface area (Å²) < 4.78 is 1.00. The average Bonchev–Trinajstić information content (AvgIpc) is 2.41. The quantitative estimate of drug-likeness (QED) is 0.826. The Morgan fingerprint density at radius 2 is 2.00 bits per heavy atom. The van der Waals surface area contributed by atoms with Gasteiger partial charge in [0.15, 0.2) is 0 Å². The molecule has 20 heavy (non-hydrogen) atoms. The molecule has 0 fully saturated rings. The van der Waals surface area contributed by atoms with Gasteiger partial charge < -0.3 is 5.32 Å². The molecule has 2 aromatic rings. The molecule has 0 aliphatic carbocycles. The molecule has 0 atom stereocenters. The van der Waals surface area contributed by atoms with Crippen LogP contribution in [0.25, 0.3) is 0 Å². The Kier molecular flexibility index (Phi) is 5.21. The van der Waals surface area contributed by atoms with Gasteiger partial charge in [-0.25, -0.2) is 0 Å². The van der Waals surface area contributed by atoms with Crippen molar-refractivity contribution in [2.24, 2.45) is 0 Å². The van der Waals surface area contributed by atoms with Crippen molar-refractivity contribution < 1.29 is 4.79 Å². The minimum absolute atomic E-state index is 0.00431. The summed E-state index contributed by atoms with van der Waals surface area (Å²) in [5.74, 6) is -0.00431. The zero-order chi connectivity index (χ0) is 14.5. The third kappa shape index (κ3) is 4.09. The number of amides is 1. The van der Waals surface area contributed by atoms with Gasteiger partial charge in [-0.2, -0.15) is 0 Å². The molecule has 1 amide bonds. The van der Waals surface area contributed by atoms with Crippen LogP contribution in [-0.4, -0.2) is 5.91 Å². The Balaban J connectivity index is 1.94. The van der Waals surface area contributed by atoms with Crippen molar-refractivity contribution in [3.05, 3.63) is 63.1 Å². The average molecular weight is 353 g/mol. The summed E-state index contributed by atoms with van der Waals surface area (Å²) in [5, 5.41) is 3.63. The zero-order valence-corrected chi connectivity index (χ0v) is 13.5.